The van der Waals surface area contributed by atoms with Gasteiger partial charge < -0.3 is 4.98 Å². The minimum atomic E-state index is 0.698. The van der Waals surface area contributed by atoms with Crippen molar-refractivity contribution in [3.05, 3.63) is 16.8 Å². The zero-order valence-corrected chi connectivity index (χ0v) is 7.38. The molecule has 0 aromatic carbocycles. The molecule has 0 saturated carbocycles. The molecule has 2 aromatic rings. The predicted octanol–water partition coefficient (Wildman–Crippen LogP) is 1.42. The van der Waals surface area contributed by atoms with E-state index in [2.05, 4.69) is 35.9 Å². The third-order valence-corrected chi connectivity index (χ3v) is 1.96. The van der Waals surface area contributed by atoms with Gasteiger partial charge in [-0.1, -0.05) is 0 Å². The largest absolute Gasteiger partial charge is 0.339 e. The quantitative estimate of drug-likeness (QED) is 0.673. The van der Waals surface area contributed by atoms with Crippen molar-refractivity contribution in [1.29, 1.82) is 0 Å². The maximum atomic E-state index is 4.14. The van der Waals surface area contributed by atoms with Crippen LogP contribution in [0.1, 0.15) is 5.82 Å². The van der Waals surface area contributed by atoms with Gasteiger partial charge in [-0.15, -0.1) is 0 Å². The Kier molecular flexibility index (Phi) is 1.38. The van der Waals surface area contributed by atoms with Crippen molar-refractivity contribution in [1.82, 2.24) is 19.9 Å². The van der Waals surface area contributed by atoms with Gasteiger partial charge in [0.25, 0.3) is 0 Å². The fourth-order valence-electron chi connectivity index (χ4n) is 0.916. The topological polar surface area (TPSA) is 54.5 Å². The second-order valence-corrected chi connectivity index (χ2v) is 2.94. The highest BCUT2D eigenvalue weighted by atomic mass is 79.9. The minimum Gasteiger partial charge on any atom is -0.339 e. The Hall–Kier alpha value is -0.970. The lowest BCUT2D eigenvalue weighted by molar-refractivity contribution is 1.15. The fourth-order valence-corrected chi connectivity index (χ4v) is 1.28. The summed E-state index contributed by atoms with van der Waals surface area (Å²) in [4.78, 5) is 15.1. The number of imidazole rings is 1. The molecule has 0 fully saturated rings. The minimum absolute atomic E-state index is 0.698. The lowest BCUT2D eigenvalue weighted by Crippen LogP contribution is -1.80. The van der Waals surface area contributed by atoms with Gasteiger partial charge in [0.1, 0.15) is 22.3 Å². The number of aryl methyl sites for hydroxylation is 1. The Balaban J connectivity index is 2.90. The monoisotopic (exact) mass is 212 g/mol. The molecule has 0 unspecified atom stereocenters. The first-order chi connectivity index (χ1) is 5.27. The van der Waals surface area contributed by atoms with Crippen LogP contribution in [0, 0.1) is 6.92 Å². The molecule has 56 valence electrons. The highest BCUT2D eigenvalue weighted by Gasteiger charge is 2.03. The summed E-state index contributed by atoms with van der Waals surface area (Å²) in [5.74, 6) is 0.848. The van der Waals surface area contributed by atoms with Crippen molar-refractivity contribution in [3.8, 4) is 0 Å². The third-order valence-electron chi connectivity index (χ3n) is 1.36. The number of hydrogen-bond donors (Lipinski definition) is 1. The first-order valence-corrected chi connectivity index (χ1v) is 3.89. The first-order valence-electron chi connectivity index (χ1n) is 3.10. The zero-order valence-electron chi connectivity index (χ0n) is 5.80. The van der Waals surface area contributed by atoms with Gasteiger partial charge in [0.05, 0.1) is 0 Å². The molecule has 0 saturated heterocycles. The molecule has 0 radical (unpaired) electrons. The molecule has 0 spiro atoms. The summed E-state index contributed by atoms with van der Waals surface area (Å²) in [5, 5.41) is 0. The van der Waals surface area contributed by atoms with Gasteiger partial charge in [0, 0.05) is 0 Å². The molecule has 0 aliphatic carbocycles. The Bertz CT molecular complexity index is 394. The Morgan fingerprint density at radius 3 is 3.00 bits per heavy atom. The highest BCUT2D eigenvalue weighted by Crippen LogP contribution is 2.16. The van der Waals surface area contributed by atoms with Crippen LogP contribution in [0.25, 0.3) is 11.2 Å². The predicted molar refractivity (Wildman–Crippen MR) is 44.1 cm³/mol. The smallest absolute Gasteiger partial charge is 0.181 e. The molecular formula is C6H5BrN4. The number of aromatic nitrogens is 4. The number of nitrogens with zero attached hydrogens (tertiary/aromatic N) is 3. The molecule has 1 N–H and O–H groups in total. The maximum Gasteiger partial charge on any atom is 0.181 e. The Morgan fingerprint density at radius 1 is 1.45 bits per heavy atom. The van der Waals surface area contributed by atoms with E-state index in [1.807, 2.05) is 6.92 Å². The zero-order chi connectivity index (χ0) is 7.84. The van der Waals surface area contributed by atoms with E-state index in [1.54, 1.807) is 0 Å². The van der Waals surface area contributed by atoms with Crippen LogP contribution in [-0.2, 0) is 0 Å². The van der Waals surface area contributed by atoms with E-state index in [-0.39, 0.29) is 0 Å². The average molecular weight is 213 g/mol. The van der Waals surface area contributed by atoms with E-state index < -0.39 is 0 Å². The molecule has 5 heteroatoms. The number of hydrogen-bond acceptors (Lipinski definition) is 3. The van der Waals surface area contributed by atoms with E-state index >= 15 is 0 Å². The van der Waals surface area contributed by atoms with Crippen LogP contribution in [0.5, 0.6) is 0 Å². The molecule has 0 amide bonds. The van der Waals surface area contributed by atoms with Crippen LogP contribution in [0.3, 0.4) is 0 Å². The molecule has 2 heterocycles. The highest BCUT2D eigenvalue weighted by molar-refractivity contribution is 9.10. The summed E-state index contributed by atoms with van der Waals surface area (Å²) in [5.41, 5.74) is 1.55. The number of fused-ring (bicyclic) bond motifs is 1. The average Bonchev–Trinajstić information content (AvgIpc) is 2.31. The summed E-state index contributed by atoms with van der Waals surface area (Å²) in [7, 11) is 0. The molecule has 0 atom stereocenters. The number of rotatable bonds is 0. The number of aromatic amines is 1. The van der Waals surface area contributed by atoms with E-state index in [4.69, 9.17) is 0 Å². The van der Waals surface area contributed by atoms with E-state index in [0.29, 0.717) is 5.65 Å². The summed E-state index contributed by atoms with van der Waals surface area (Å²) in [6.45, 7) is 1.88. The van der Waals surface area contributed by atoms with Crippen molar-refractivity contribution >= 4 is 27.1 Å². The van der Waals surface area contributed by atoms with Crippen LogP contribution in [-0.4, -0.2) is 19.9 Å². The second-order valence-electron chi connectivity index (χ2n) is 2.19. The molecular weight excluding hydrogens is 208 g/mol. The maximum absolute atomic E-state index is 4.14. The van der Waals surface area contributed by atoms with Crippen LogP contribution >= 0.6 is 15.9 Å². The summed E-state index contributed by atoms with van der Waals surface area (Å²) >= 11 is 3.29. The normalized spacial score (nSPS) is 10.7. The van der Waals surface area contributed by atoms with Crippen LogP contribution in [0.15, 0.2) is 10.9 Å². The van der Waals surface area contributed by atoms with E-state index in [1.165, 1.54) is 6.33 Å². The van der Waals surface area contributed by atoms with Crippen molar-refractivity contribution in [2.45, 2.75) is 6.92 Å². The van der Waals surface area contributed by atoms with Gasteiger partial charge in [0.2, 0.25) is 0 Å². The number of H-pyrrole nitrogens is 1. The third kappa shape index (κ3) is 1.01. The summed E-state index contributed by atoms with van der Waals surface area (Å²) in [6, 6.07) is 0. The number of halogens is 1. The molecule has 4 nitrogen and oxygen atoms in total. The lowest BCUT2D eigenvalue weighted by atomic mass is 10.6. The second kappa shape index (κ2) is 2.27. The van der Waals surface area contributed by atoms with Crippen molar-refractivity contribution in [2.24, 2.45) is 0 Å². The van der Waals surface area contributed by atoms with Gasteiger partial charge in [-0.2, -0.15) is 0 Å². The van der Waals surface area contributed by atoms with Gasteiger partial charge in [-0.05, 0) is 22.9 Å². The van der Waals surface area contributed by atoms with E-state index in [0.717, 1.165) is 15.9 Å². The summed E-state index contributed by atoms with van der Waals surface area (Å²) in [6.07, 6.45) is 1.48. The Labute approximate surface area is 71.2 Å². The molecule has 0 bridgehead atoms. The fraction of sp³-hybridized carbons (Fsp3) is 0.167. The molecule has 11 heavy (non-hydrogen) atoms. The summed E-state index contributed by atoms with van der Waals surface area (Å²) < 4.78 is 0.753. The molecule has 2 rings (SSSR count). The molecule has 0 aliphatic rings. The standard InChI is InChI=1S/C6H5BrN4/c1-3-10-4-5(7)8-2-9-6(4)11-3/h2H,1H3,(H,8,9,10,11). The van der Waals surface area contributed by atoms with E-state index in [9.17, 15) is 0 Å². The lowest BCUT2D eigenvalue weighted by Gasteiger charge is -1.87. The van der Waals surface area contributed by atoms with Gasteiger partial charge in [0.15, 0.2) is 5.65 Å². The first kappa shape index (κ1) is 6.72. The van der Waals surface area contributed by atoms with Gasteiger partial charge in [-0.25, -0.2) is 15.0 Å². The van der Waals surface area contributed by atoms with Crippen LogP contribution in [0.4, 0.5) is 0 Å². The van der Waals surface area contributed by atoms with Crippen molar-refractivity contribution < 1.29 is 0 Å². The van der Waals surface area contributed by atoms with Gasteiger partial charge >= 0.3 is 0 Å². The molecule has 0 aliphatic heterocycles. The van der Waals surface area contributed by atoms with Crippen molar-refractivity contribution in [3.63, 3.8) is 0 Å². The molecule has 2 aromatic heterocycles. The Morgan fingerprint density at radius 2 is 2.27 bits per heavy atom. The van der Waals surface area contributed by atoms with Crippen molar-refractivity contribution in [2.75, 3.05) is 0 Å². The SMILES string of the molecule is Cc1nc2ncnc(Br)c2[nH]1. The number of nitrogens with one attached hydrogen (secondary N) is 1. The van der Waals surface area contributed by atoms with Crippen LogP contribution in [0.2, 0.25) is 0 Å². The van der Waals surface area contributed by atoms with Gasteiger partial charge in [-0.3, -0.25) is 0 Å². The van der Waals surface area contributed by atoms with Crippen LogP contribution < -0.4 is 0 Å².